The lowest BCUT2D eigenvalue weighted by atomic mass is 9.85. The van der Waals surface area contributed by atoms with E-state index in [1.54, 1.807) is 12.1 Å². The first kappa shape index (κ1) is 23.0. The van der Waals surface area contributed by atoms with Gasteiger partial charge < -0.3 is 20.9 Å². The SMILES string of the molecule is C[C@@H](F)COc1ccc(C(N)=O)c(-c2c(Cl)ccc3c2C[C@@](CN)(c2ccccc2)O3)c1F. The minimum atomic E-state index is -1.31. The van der Waals surface area contributed by atoms with E-state index in [9.17, 15) is 9.18 Å². The van der Waals surface area contributed by atoms with Gasteiger partial charge in [-0.05, 0) is 36.8 Å². The number of hydrogen-bond donors (Lipinski definition) is 2. The Hall–Kier alpha value is -3.16. The number of fused-ring (bicyclic) bond motifs is 1. The number of halogens is 3. The van der Waals surface area contributed by atoms with E-state index in [4.69, 9.17) is 32.5 Å². The van der Waals surface area contributed by atoms with Crippen molar-refractivity contribution in [2.75, 3.05) is 13.2 Å². The summed E-state index contributed by atoms with van der Waals surface area (Å²) in [6.07, 6.45) is -1.01. The van der Waals surface area contributed by atoms with Crippen LogP contribution in [0.1, 0.15) is 28.4 Å². The smallest absolute Gasteiger partial charge is 0.249 e. The van der Waals surface area contributed by atoms with Crippen molar-refractivity contribution in [3.63, 3.8) is 0 Å². The molecule has 4 N–H and O–H groups in total. The molecule has 0 aromatic heterocycles. The monoisotopic (exact) mass is 472 g/mol. The molecule has 0 radical (unpaired) electrons. The van der Waals surface area contributed by atoms with Crippen LogP contribution >= 0.6 is 11.6 Å². The number of primary amides is 1. The Bertz CT molecular complexity index is 1200. The molecular formula is C25H23ClF2N2O3. The summed E-state index contributed by atoms with van der Waals surface area (Å²) in [6.45, 7) is 1.11. The highest BCUT2D eigenvalue weighted by Crippen LogP contribution is 2.49. The van der Waals surface area contributed by atoms with Gasteiger partial charge in [-0.3, -0.25) is 4.79 Å². The second-order valence-corrected chi connectivity index (χ2v) is 8.41. The van der Waals surface area contributed by atoms with Gasteiger partial charge in [0.25, 0.3) is 0 Å². The summed E-state index contributed by atoms with van der Waals surface area (Å²) in [4.78, 5) is 12.2. The van der Waals surface area contributed by atoms with E-state index in [0.29, 0.717) is 17.7 Å². The molecule has 0 unspecified atom stereocenters. The first-order valence-corrected chi connectivity index (χ1v) is 10.8. The number of ether oxygens (including phenoxy) is 2. The van der Waals surface area contributed by atoms with Gasteiger partial charge in [0.1, 0.15) is 18.5 Å². The Morgan fingerprint density at radius 3 is 2.55 bits per heavy atom. The Morgan fingerprint density at radius 1 is 1.18 bits per heavy atom. The number of rotatable bonds is 7. The van der Waals surface area contributed by atoms with Crippen molar-refractivity contribution in [2.24, 2.45) is 11.5 Å². The van der Waals surface area contributed by atoms with Gasteiger partial charge in [0, 0.05) is 34.7 Å². The van der Waals surface area contributed by atoms with Crippen molar-refractivity contribution >= 4 is 17.5 Å². The average Bonchev–Trinajstić information content (AvgIpc) is 3.19. The highest BCUT2D eigenvalue weighted by Gasteiger charge is 2.42. The molecule has 8 heteroatoms. The van der Waals surface area contributed by atoms with Crippen molar-refractivity contribution in [2.45, 2.75) is 25.1 Å². The standard InChI is InChI=1S/C25H23ClF2N2O3/c1-14(27)12-32-20-9-7-16(24(30)31)22(23(20)28)21-17-11-25(13-29,15-5-3-2-4-6-15)33-19(17)10-8-18(21)26/h2-10,14H,11-13,29H2,1H3,(H2,30,31)/t14-,25-/m1/s1. The molecule has 33 heavy (non-hydrogen) atoms. The number of nitrogens with two attached hydrogens (primary N) is 2. The zero-order valence-electron chi connectivity index (χ0n) is 17.9. The largest absolute Gasteiger partial charge is 0.487 e. The topological polar surface area (TPSA) is 87.6 Å². The summed E-state index contributed by atoms with van der Waals surface area (Å²) < 4.78 is 40.6. The maximum Gasteiger partial charge on any atom is 0.249 e. The molecule has 0 bridgehead atoms. The lowest BCUT2D eigenvalue weighted by molar-refractivity contribution is 0.1000. The lowest BCUT2D eigenvalue weighted by Crippen LogP contribution is -2.39. The van der Waals surface area contributed by atoms with Crippen LogP contribution in [-0.2, 0) is 12.0 Å². The van der Waals surface area contributed by atoms with Crippen LogP contribution in [0.3, 0.4) is 0 Å². The average molecular weight is 473 g/mol. The van der Waals surface area contributed by atoms with E-state index in [1.807, 2.05) is 30.3 Å². The van der Waals surface area contributed by atoms with Gasteiger partial charge in [0.05, 0.1) is 5.56 Å². The molecule has 1 amide bonds. The molecule has 1 heterocycles. The first-order chi connectivity index (χ1) is 15.8. The fraction of sp³-hybridized carbons (Fsp3) is 0.240. The van der Waals surface area contributed by atoms with Crippen LogP contribution < -0.4 is 20.9 Å². The van der Waals surface area contributed by atoms with Crippen molar-refractivity contribution in [3.8, 4) is 22.6 Å². The van der Waals surface area contributed by atoms with Gasteiger partial charge in [0.15, 0.2) is 17.2 Å². The Morgan fingerprint density at radius 2 is 1.91 bits per heavy atom. The molecule has 1 aliphatic rings. The van der Waals surface area contributed by atoms with E-state index in [0.717, 1.165) is 5.56 Å². The summed E-state index contributed by atoms with van der Waals surface area (Å²) in [5.41, 5.74) is 12.3. The predicted octanol–water partition coefficient (Wildman–Crippen LogP) is 4.77. The second-order valence-electron chi connectivity index (χ2n) is 8.00. The molecule has 172 valence electrons. The van der Waals surface area contributed by atoms with E-state index in [-0.39, 0.29) is 40.6 Å². The first-order valence-electron chi connectivity index (χ1n) is 10.4. The van der Waals surface area contributed by atoms with Crippen LogP contribution in [0, 0.1) is 5.82 Å². The molecular weight excluding hydrogens is 450 g/mol. The molecule has 0 saturated carbocycles. The third kappa shape index (κ3) is 4.14. The highest BCUT2D eigenvalue weighted by molar-refractivity contribution is 6.34. The van der Waals surface area contributed by atoms with Crippen LogP contribution in [0.2, 0.25) is 5.02 Å². The van der Waals surface area contributed by atoms with Gasteiger partial charge in [0.2, 0.25) is 5.91 Å². The van der Waals surface area contributed by atoms with Crippen molar-refractivity contribution < 1.29 is 23.0 Å². The Labute approximate surface area is 195 Å². The number of carbonyl (C=O) groups excluding carboxylic acids is 1. The second kappa shape index (κ2) is 9.00. The summed E-state index contributed by atoms with van der Waals surface area (Å²) >= 11 is 6.55. The maximum absolute atomic E-state index is 15.7. The minimum absolute atomic E-state index is 0.0755. The number of alkyl halides is 1. The number of amides is 1. The van der Waals surface area contributed by atoms with Gasteiger partial charge >= 0.3 is 0 Å². The van der Waals surface area contributed by atoms with Crippen LogP contribution in [0.5, 0.6) is 11.5 Å². The van der Waals surface area contributed by atoms with Gasteiger partial charge in [-0.1, -0.05) is 41.9 Å². The van der Waals surface area contributed by atoms with E-state index in [2.05, 4.69) is 0 Å². The Balaban J connectivity index is 1.90. The zero-order chi connectivity index (χ0) is 23.8. The van der Waals surface area contributed by atoms with Crippen LogP contribution in [0.15, 0.2) is 54.6 Å². The molecule has 3 aromatic carbocycles. The van der Waals surface area contributed by atoms with Crippen LogP contribution in [0.25, 0.3) is 11.1 Å². The molecule has 2 atom stereocenters. The third-order valence-corrected chi connectivity index (χ3v) is 6.02. The van der Waals surface area contributed by atoms with Crippen molar-refractivity contribution in [3.05, 3.63) is 82.1 Å². The molecule has 0 spiro atoms. The molecule has 1 aliphatic heterocycles. The molecule has 0 aliphatic carbocycles. The predicted molar refractivity (Wildman–Crippen MR) is 123 cm³/mol. The van der Waals surface area contributed by atoms with Crippen LogP contribution in [0.4, 0.5) is 8.78 Å². The van der Waals surface area contributed by atoms with Gasteiger partial charge in [-0.15, -0.1) is 0 Å². The number of carbonyl (C=O) groups is 1. The quantitative estimate of drug-likeness (QED) is 0.518. The fourth-order valence-corrected chi connectivity index (χ4v) is 4.40. The summed E-state index contributed by atoms with van der Waals surface area (Å²) in [5, 5.41) is 0.204. The van der Waals surface area contributed by atoms with Crippen molar-refractivity contribution in [1.29, 1.82) is 0 Å². The van der Waals surface area contributed by atoms with E-state index >= 15 is 4.39 Å². The lowest BCUT2D eigenvalue weighted by Gasteiger charge is -2.27. The van der Waals surface area contributed by atoms with Gasteiger partial charge in [-0.25, -0.2) is 8.78 Å². The summed E-state index contributed by atoms with van der Waals surface area (Å²) in [6, 6.07) is 15.3. The van der Waals surface area contributed by atoms with E-state index in [1.165, 1.54) is 19.1 Å². The number of benzene rings is 3. The molecule has 0 fully saturated rings. The zero-order valence-corrected chi connectivity index (χ0v) is 18.7. The maximum atomic E-state index is 15.7. The molecule has 5 nitrogen and oxygen atoms in total. The fourth-order valence-electron chi connectivity index (χ4n) is 4.13. The normalized spacial score (nSPS) is 17.8. The van der Waals surface area contributed by atoms with Crippen LogP contribution in [-0.4, -0.2) is 25.2 Å². The molecule has 3 aromatic rings. The van der Waals surface area contributed by atoms with Gasteiger partial charge in [-0.2, -0.15) is 0 Å². The summed E-state index contributed by atoms with van der Waals surface area (Å²) in [5.74, 6) is -1.43. The summed E-state index contributed by atoms with van der Waals surface area (Å²) in [7, 11) is 0. The molecule has 4 rings (SSSR count). The van der Waals surface area contributed by atoms with E-state index < -0.39 is 23.5 Å². The Kier molecular flexibility index (Phi) is 6.28. The molecule has 0 saturated heterocycles. The number of hydrogen-bond acceptors (Lipinski definition) is 4. The van der Waals surface area contributed by atoms with Crippen molar-refractivity contribution in [1.82, 2.24) is 0 Å². The third-order valence-electron chi connectivity index (χ3n) is 5.71. The highest BCUT2D eigenvalue weighted by atomic mass is 35.5. The minimum Gasteiger partial charge on any atom is -0.487 e.